The van der Waals surface area contributed by atoms with Crippen LogP contribution in [0.15, 0.2) is 0 Å². The van der Waals surface area contributed by atoms with Crippen molar-refractivity contribution in [2.45, 2.75) is 26.5 Å². The molecule has 1 unspecified atom stereocenters. The molecule has 5 nitrogen and oxygen atoms in total. The highest BCUT2D eigenvalue weighted by Gasteiger charge is 2.09. The minimum Gasteiger partial charge on any atom is -0.392 e. The Morgan fingerprint density at radius 3 is 2.57 bits per heavy atom. The standard InChI is InChI=1S/C9H18N4O/c1-7(14)5-12(3)6-9-11-10-8(2)13(9)4/h7,14H,5-6H2,1-4H3. The minimum absolute atomic E-state index is 0.311. The van der Waals surface area contributed by atoms with Crippen LogP contribution in [0.5, 0.6) is 0 Å². The number of likely N-dealkylation sites (N-methyl/N-ethyl adjacent to an activating group) is 1. The smallest absolute Gasteiger partial charge is 0.146 e. The molecule has 0 aromatic carbocycles. The first-order valence-corrected chi connectivity index (χ1v) is 4.72. The van der Waals surface area contributed by atoms with Crippen LogP contribution < -0.4 is 0 Å². The van der Waals surface area contributed by atoms with Gasteiger partial charge in [0.25, 0.3) is 0 Å². The van der Waals surface area contributed by atoms with Crippen LogP contribution in [-0.4, -0.2) is 44.5 Å². The van der Waals surface area contributed by atoms with Crippen molar-refractivity contribution in [1.29, 1.82) is 0 Å². The third kappa shape index (κ3) is 2.78. The molecule has 5 heteroatoms. The van der Waals surface area contributed by atoms with E-state index in [2.05, 4.69) is 10.2 Å². The van der Waals surface area contributed by atoms with Gasteiger partial charge in [-0.15, -0.1) is 10.2 Å². The first-order chi connectivity index (χ1) is 6.50. The fraction of sp³-hybridized carbons (Fsp3) is 0.778. The van der Waals surface area contributed by atoms with Crippen molar-refractivity contribution >= 4 is 0 Å². The highest BCUT2D eigenvalue weighted by molar-refractivity contribution is 4.92. The number of aryl methyl sites for hydroxylation is 1. The van der Waals surface area contributed by atoms with E-state index in [1.54, 1.807) is 6.92 Å². The summed E-state index contributed by atoms with van der Waals surface area (Å²) in [5, 5.41) is 17.2. The van der Waals surface area contributed by atoms with Crippen molar-refractivity contribution < 1.29 is 5.11 Å². The first-order valence-electron chi connectivity index (χ1n) is 4.72. The second-order valence-corrected chi connectivity index (χ2v) is 3.77. The molecule has 0 radical (unpaired) electrons. The lowest BCUT2D eigenvalue weighted by Crippen LogP contribution is -2.27. The molecule has 0 spiro atoms. The van der Waals surface area contributed by atoms with Crippen LogP contribution >= 0.6 is 0 Å². The first kappa shape index (κ1) is 11.1. The van der Waals surface area contributed by atoms with E-state index in [9.17, 15) is 5.11 Å². The maximum Gasteiger partial charge on any atom is 0.146 e. The normalized spacial score (nSPS) is 13.6. The number of aliphatic hydroxyl groups excluding tert-OH is 1. The lowest BCUT2D eigenvalue weighted by Gasteiger charge is -2.17. The molecule has 0 fully saturated rings. The molecule has 14 heavy (non-hydrogen) atoms. The van der Waals surface area contributed by atoms with Crippen molar-refractivity contribution in [3.8, 4) is 0 Å². The Morgan fingerprint density at radius 2 is 2.14 bits per heavy atom. The van der Waals surface area contributed by atoms with Gasteiger partial charge >= 0.3 is 0 Å². The van der Waals surface area contributed by atoms with Gasteiger partial charge in [-0.05, 0) is 20.9 Å². The number of aromatic nitrogens is 3. The summed E-state index contributed by atoms with van der Waals surface area (Å²) in [4.78, 5) is 2.02. The number of aliphatic hydroxyl groups is 1. The van der Waals surface area contributed by atoms with E-state index in [1.807, 2.05) is 30.5 Å². The average Bonchev–Trinajstić information content (AvgIpc) is 2.34. The summed E-state index contributed by atoms with van der Waals surface area (Å²) in [5.74, 6) is 1.83. The van der Waals surface area contributed by atoms with E-state index in [0.717, 1.165) is 11.6 Å². The molecule has 1 atom stereocenters. The summed E-state index contributed by atoms with van der Waals surface area (Å²) in [6.07, 6.45) is -0.311. The summed E-state index contributed by atoms with van der Waals surface area (Å²) in [6, 6.07) is 0. The predicted octanol–water partition coefficient (Wildman–Crippen LogP) is -0.0639. The fourth-order valence-electron chi connectivity index (χ4n) is 1.35. The third-order valence-electron chi connectivity index (χ3n) is 2.17. The number of hydrogen-bond acceptors (Lipinski definition) is 4. The van der Waals surface area contributed by atoms with Crippen LogP contribution in [0.3, 0.4) is 0 Å². The third-order valence-corrected chi connectivity index (χ3v) is 2.17. The maximum absolute atomic E-state index is 9.19. The molecular weight excluding hydrogens is 180 g/mol. The van der Waals surface area contributed by atoms with Crippen molar-refractivity contribution in [3.05, 3.63) is 11.6 Å². The average molecular weight is 198 g/mol. The summed E-state index contributed by atoms with van der Waals surface area (Å²) >= 11 is 0. The van der Waals surface area contributed by atoms with Gasteiger partial charge in [0, 0.05) is 13.6 Å². The van der Waals surface area contributed by atoms with E-state index < -0.39 is 0 Å². The zero-order valence-electron chi connectivity index (χ0n) is 9.23. The number of hydrogen-bond donors (Lipinski definition) is 1. The SMILES string of the molecule is Cc1nnc(CN(C)CC(C)O)n1C. The second kappa shape index (κ2) is 4.52. The van der Waals surface area contributed by atoms with Gasteiger partial charge < -0.3 is 9.67 Å². The fourth-order valence-corrected chi connectivity index (χ4v) is 1.35. The second-order valence-electron chi connectivity index (χ2n) is 3.77. The van der Waals surface area contributed by atoms with Gasteiger partial charge in [-0.2, -0.15) is 0 Å². The largest absolute Gasteiger partial charge is 0.392 e. The monoisotopic (exact) mass is 198 g/mol. The van der Waals surface area contributed by atoms with Gasteiger partial charge in [-0.1, -0.05) is 0 Å². The Labute approximate surface area is 84.4 Å². The van der Waals surface area contributed by atoms with Gasteiger partial charge in [0.05, 0.1) is 12.6 Å². The molecule has 1 N–H and O–H groups in total. The maximum atomic E-state index is 9.19. The van der Waals surface area contributed by atoms with Crippen molar-refractivity contribution in [1.82, 2.24) is 19.7 Å². The van der Waals surface area contributed by atoms with Gasteiger partial charge in [-0.25, -0.2) is 0 Å². The highest BCUT2D eigenvalue weighted by atomic mass is 16.3. The number of nitrogens with zero attached hydrogens (tertiary/aromatic N) is 4. The summed E-state index contributed by atoms with van der Waals surface area (Å²) in [5.41, 5.74) is 0. The Hall–Kier alpha value is -0.940. The summed E-state index contributed by atoms with van der Waals surface area (Å²) in [7, 11) is 3.90. The quantitative estimate of drug-likeness (QED) is 0.736. The number of rotatable bonds is 4. The molecular formula is C9H18N4O. The Bertz CT molecular complexity index is 295. The molecule has 1 aromatic heterocycles. The topological polar surface area (TPSA) is 54.2 Å². The van der Waals surface area contributed by atoms with Gasteiger partial charge in [0.1, 0.15) is 11.6 Å². The molecule has 1 heterocycles. The van der Waals surface area contributed by atoms with Crippen LogP contribution in [0.25, 0.3) is 0 Å². The lowest BCUT2D eigenvalue weighted by molar-refractivity contribution is 0.136. The van der Waals surface area contributed by atoms with Crippen LogP contribution in [0.4, 0.5) is 0 Å². The van der Waals surface area contributed by atoms with Gasteiger partial charge in [0.2, 0.25) is 0 Å². The van der Waals surface area contributed by atoms with Gasteiger partial charge in [-0.3, -0.25) is 4.90 Å². The molecule has 0 aliphatic heterocycles. The molecule has 80 valence electrons. The minimum atomic E-state index is -0.311. The summed E-state index contributed by atoms with van der Waals surface area (Å²) in [6.45, 7) is 5.05. The lowest BCUT2D eigenvalue weighted by atomic mass is 10.3. The summed E-state index contributed by atoms with van der Waals surface area (Å²) < 4.78 is 1.96. The van der Waals surface area contributed by atoms with Crippen molar-refractivity contribution in [2.75, 3.05) is 13.6 Å². The van der Waals surface area contributed by atoms with E-state index in [1.165, 1.54) is 0 Å². The molecule has 1 aromatic rings. The van der Waals surface area contributed by atoms with E-state index in [0.29, 0.717) is 13.1 Å². The van der Waals surface area contributed by atoms with Crippen LogP contribution in [-0.2, 0) is 13.6 Å². The molecule has 0 aliphatic carbocycles. The Morgan fingerprint density at radius 1 is 1.50 bits per heavy atom. The van der Waals surface area contributed by atoms with Crippen LogP contribution in [0.1, 0.15) is 18.6 Å². The zero-order valence-corrected chi connectivity index (χ0v) is 9.23. The Kier molecular flexibility index (Phi) is 3.60. The predicted molar refractivity (Wildman–Crippen MR) is 53.8 cm³/mol. The van der Waals surface area contributed by atoms with E-state index >= 15 is 0 Å². The molecule has 0 saturated carbocycles. The van der Waals surface area contributed by atoms with Crippen LogP contribution in [0, 0.1) is 6.92 Å². The van der Waals surface area contributed by atoms with E-state index in [-0.39, 0.29) is 6.10 Å². The molecule has 0 saturated heterocycles. The van der Waals surface area contributed by atoms with E-state index in [4.69, 9.17) is 0 Å². The highest BCUT2D eigenvalue weighted by Crippen LogP contribution is 2.01. The Balaban J connectivity index is 2.56. The molecule has 0 amide bonds. The van der Waals surface area contributed by atoms with Gasteiger partial charge in [0.15, 0.2) is 0 Å². The molecule has 0 aliphatic rings. The zero-order chi connectivity index (χ0) is 10.7. The van der Waals surface area contributed by atoms with Crippen LogP contribution in [0.2, 0.25) is 0 Å². The molecule has 1 rings (SSSR count). The van der Waals surface area contributed by atoms with Crippen molar-refractivity contribution in [2.24, 2.45) is 7.05 Å². The van der Waals surface area contributed by atoms with Crippen molar-refractivity contribution in [3.63, 3.8) is 0 Å². The molecule has 0 bridgehead atoms.